The van der Waals surface area contributed by atoms with Gasteiger partial charge in [0.1, 0.15) is 0 Å². The first-order chi connectivity index (χ1) is 9.15. The smallest absolute Gasteiger partial charge is 0.223 e. The SMILES string of the molecule is CN1CCC(C(=O)NCCc2ccc(Cl)cc2)CC1. The highest BCUT2D eigenvalue weighted by molar-refractivity contribution is 6.30. The fraction of sp³-hybridized carbons (Fsp3) is 0.533. The lowest BCUT2D eigenvalue weighted by molar-refractivity contribution is -0.126. The van der Waals surface area contributed by atoms with Crippen LogP contribution >= 0.6 is 11.6 Å². The number of rotatable bonds is 4. The molecule has 1 aromatic carbocycles. The summed E-state index contributed by atoms with van der Waals surface area (Å²) in [4.78, 5) is 14.3. The number of piperidine rings is 1. The predicted molar refractivity (Wildman–Crippen MR) is 78.4 cm³/mol. The molecule has 0 bridgehead atoms. The molecule has 2 rings (SSSR count). The third kappa shape index (κ3) is 4.51. The topological polar surface area (TPSA) is 32.3 Å². The highest BCUT2D eigenvalue weighted by Gasteiger charge is 2.22. The molecule has 0 spiro atoms. The van der Waals surface area contributed by atoms with Crippen LogP contribution in [0.1, 0.15) is 18.4 Å². The summed E-state index contributed by atoms with van der Waals surface area (Å²) in [7, 11) is 2.11. The second kappa shape index (κ2) is 6.92. The van der Waals surface area contributed by atoms with Crippen molar-refractivity contribution in [3.8, 4) is 0 Å². The van der Waals surface area contributed by atoms with Crippen molar-refractivity contribution < 1.29 is 4.79 Å². The van der Waals surface area contributed by atoms with E-state index >= 15 is 0 Å². The lowest BCUT2D eigenvalue weighted by Gasteiger charge is -2.28. The van der Waals surface area contributed by atoms with Crippen LogP contribution in [0, 0.1) is 5.92 Å². The number of nitrogens with one attached hydrogen (secondary N) is 1. The molecule has 1 aromatic rings. The summed E-state index contributed by atoms with van der Waals surface area (Å²) in [6.07, 6.45) is 2.81. The number of nitrogens with zero attached hydrogens (tertiary/aromatic N) is 1. The van der Waals surface area contributed by atoms with E-state index < -0.39 is 0 Å². The molecule has 19 heavy (non-hydrogen) atoms. The molecule has 0 radical (unpaired) electrons. The molecule has 1 heterocycles. The molecule has 0 aliphatic carbocycles. The van der Waals surface area contributed by atoms with Crippen LogP contribution in [0.5, 0.6) is 0 Å². The van der Waals surface area contributed by atoms with Gasteiger partial charge in [-0.25, -0.2) is 0 Å². The third-order valence-electron chi connectivity index (χ3n) is 3.72. The van der Waals surface area contributed by atoms with E-state index in [1.54, 1.807) is 0 Å². The van der Waals surface area contributed by atoms with Gasteiger partial charge in [0.05, 0.1) is 0 Å². The predicted octanol–water partition coefficient (Wildman–Crippen LogP) is 2.34. The van der Waals surface area contributed by atoms with Gasteiger partial charge >= 0.3 is 0 Å². The quantitative estimate of drug-likeness (QED) is 0.918. The van der Waals surface area contributed by atoms with E-state index in [4.69, 9.17) is 11.6 Å². The van der Waals surface area contributed by atoms with Crippen LogP contribution in [0.4, 0.5) is 0 Å². The Balaban J connectivity index is 1.70. The van der Waals surface area contributed by atoms with Crippen molar-refractivity contribution in [1.29, 1.82) is 0 Å². The van der Waals surface area contributed by atoms with Crippen LogP contribution in [0.15, 0.2) is 24.3 Å². The molecule has 1 saturated heterocycles. The molecule has 0 atom stereocenters. The van der Waals surface area contributed by atoms with Crippen molar-refractivity contribution >= 4 is 17.5 Å². The normalized spacial score (nSPS) is 17.4. The maximum absolute atomic E-state index is 12.0. The number of hydrogen-bond donors (Lipinski definition) is 1. The molecule has 0 unspecified atom stereocenters. The van der Waals surface area contributed by atoms with Gasteiger partial charge in [-0.2, -0.15) is 0 Å². The van der Waals surface area contributed by atoms with E-state index in [1.807, 2.05) is 24.3 Å². The molecule has 4 heteroatoms. The van der Waals surface area contributed by atoms with E-state index in [-0.39, 0.29) is 11.8 Å². The summed E-state index contributed by atoms with van der Waals surface area (Å²) in [5.41, 5.74) is 1.20. The van der Waals surface area contributed by atoms with Crippen LogP contribution in [0.3, 0.4) is 0 Å². The molecule has 0 saturated carbocycles. The standard InChI is InChI=1S/C15H21ClN2O/c1-18-10-7-13(8-11-18)15(19)17-9-6-12-2-4-14(16)5-3-12/h2-5,13H,6-11H2,1H3,(H,17,19). The van der Waals surface area contributed by atoms with Gasteiger partial charge in [-0.15, -0.1) is 0 Å². The summed E-state index contributed by atoms with van der Waals surface area (Å²) in [6.45, 7) is 2.75. The Morgan fingerprint density at radius 1 is 1.32 bits per heavy atom. The Hall–Kier alpha value is -1.06. The van der Waals surface area contributed by atoms with Crippen molar-refractivity contribution in [3.05, 3.63) is 34.9 Å². The Bertz CT molecular complexity index is 411. The van der Waals surface area contributed by atoms with Crippen LogP contribution < -0.4 is 5.32 Å². The van der Waals surface area contributed by atoms with Crippen molar-refractivity contribution in [2.24, 2.45) is 5.92 Å². The van der Waals surface area contributed by atoms with E-state index in [9.17, 15) is 4.79 Å². The Morgan fingerprint density at radius 2 is 1.95 bits per heavy atom. The zero-order chi connectivity index (χ0) is 13.7. The molecular weight excluding hydrogens is 260 g/mol. The molecule has 1 aliphatic rings. The number of benzene rings is 1. The zero-order valence-electron chi connectivity index (χ0n) is 11.4. The van der Waals surface area contributed by atoms with Gasteiger partial charge in [-0.1, -0.05) is 23.7 Å². The molecule has 3 nitrogen and oxygen atoms in total. The summed E-state index contributed by atoms with van der Waals surface area (Å²) in [5, 5.41) is 3.79. The van der Waals surface area contributed by atoms with Gasteiger partial charge in [0.2, 0.25) is 5.91 Å². The molecule has 104 valence electrons. The Morgan fingerprint density at radius 3 is 2.58 bits per heavy atom. The second-order valence-electron chi connectivity index (χ2n) is 5.25. The van der Waals surface area contributed by atoms with E-state index in [2.05, 4.69) is 17.3 Å². The molecule has 1 fully saturated rings. The number of carbonyl (C=O) groups excluding carboxylic acids is 1. The van der Waals surface area contributed by atoms with Crippen LogP contribution in [0.2, 0.25) is 5.02 Å². The first-order valence-electron chi connectivity index (χ1n) is 6.86. The molecule has 1 aliphatic heterocycles. The van der Waals surface area contributed by atoms with Crippen molar-refractivity contribution in [3.63, 3.8) is 0 Å². The van der Waals surface area contributed by atoms with Gasteiger partial charge in [0, 0.05) is 17.5 Å². The summed E-state index contributed by atoms with van der Waals surface area (Å²) < 4.78 is 0. The van der Waals surface area contributed by atoms with Gasteiger partial charge in [0.25, 0.3) is 0 Å². The fourth-order valence-corrected chi connectivity index (χ4v) is 2.52. The lowest BCUT2D eigenvalue weighted by Crippen LogP contribution is -2.39. The number of halogens is 1. The second-order valence-corrected chi connectivity index (χ2v) is 5.68. The van der Waals surface area contributed by atoms with Crippen LogP contribution in [-0.2, 0) is 11.2 Å². The van der Waals surface area contributed by atoms with E-state index in [0.717, 1.165) is 37.4 Å². The van der Waals surface area contributed by atoms with E-state index in [0.29, 0.717) is 6.54 Å². The maximum atomic E-state index is 12.0. The first-order valence-corrected chi connectivity index (χ1v) is 7.23. The van der Waals surface area contributed by atoms with Crippen LogP contribution in [-0.4, -0.2) is 37.5 Å². The summed E-state index contributed by atoms with van der Waals surface area (Å²) in [6, 6.07) is 7.78. The Labute approximate surface area is 119 Å². The Kier molecular flexibility index (Phi) is 5.23. The molecule has 1 N–H and O–H groups in total. The zero-order valence-corrected chi connectivity index (χ0v) is 12.1. The lowest BCUT2D eigenvalue weighted by atomic mass is 9.96. The van der Waals surface area contributed by atoms with Gasteiger partial charge in [0.15, 0.2) is 0 Å². The van der Waals surface area contributed by atoms with E-state index in [1.165, 1.54) is 5.56 Å². The van der Waals surface area contributed by atoms with Gasteiger partial charge in [-0.3, -0.25) is 4.79 Å². The van der Waals surface area contributed by atoms with Crippen molar-refractivity contribution in [2.45, 2.75) is 19.3 Å². The van der Waals surface area contributed by atoms with Crippen LogP contribution in [0.25, 0.3) is 0 Å². The number of carbonyl (C=O) groups is 1. The summed E-state index contributed by atoms with van der Waals surface area (Å²) >= 11 is 5.84. The minimum absolute atomic E-state index is 0.196. The first kappa shape index (κ1) is 14.4. The molecule has 0 aromatic heterocycles. The monoisotopic (exact) mass is 280 g/mol. The molecular formula is C15H21ClN2O. The van der Waals surface area contributed by atoms with Gasteiger partial charge in [-0.05, 0) is 57.1 Å². The minimum Gasteiger partial charge on any atom is -0.356 e. The highest BCUT2D eigenvalue weighted by Crippen LogP contribution is 2.16. The minimum atomic E-state index is 0.196. The maximum Gasteiger partial charge on any atom is 0.223 e. The number of hydrogen-bond acceptors (Lipinski definition) is 2. The van der Waals surface area contributed by atoms with Crippen molar-refractivity contribution in [2.75, 3.05) is 26.7 Å². The average molecular weight is 281 g/mol. The third-order valence-corrected chi connectivity index (χ3v) is 3.97. The molecule has 1 amide bonds. The average Bonchev–Trinajstić information content (AvgIpc) is 2.41. The van der Waals surface area contributed by atoms with Crippen molar-refractivity contribution in [1.82, 2.24) is 10.2 Å². The highest BCUT2D eigenvalue weighted by atomic mass is 35.5. The number of amides is 1. The fourth-order valence-electron chi connectivity index (χ4n) is 2.40. The van der Waals surface area contributed by atoms with Gasteiger partial charge < -0.3 is 10.2 Å². The largest absolute Gasteiger partial charge is 0.356 e. The number of likely N-dealkylation sites (tertiary alicyclic amines) is 1. The summed E-state index contributed by atoms with van der Waals surface area (Å²) in [5.74, 6) is 0.406.